The van der Waals surface area contributed by atoms with E-state index >= 15 is 0 Å². The highest BCUT2D eigenvalue weighted by Gasteiger charge is 2.17. The van der Waals surface area contributed by atoms with Gasteiger partial charge in [-0.3, -0.25) is 4.79 Å². The maximum atomic E-state index is 11.7. The van der Waals surface area contributed by atoms with Crippen LogP contribution in [0.3, 0.4) is 0 Å². The Balaban J connectivity index is 2.01. The maximum Gasteiger partial charge on any atom is 0.158 e. The van der Waals surface area contributed by atoms with Crippen molar-refractivity contribution in [3.8, 4) is 0 Å². The first kappa shape index (κ1) is 10.6. The van der Waals surface area contributed by atoms with E-state index in [0.29, 0.717) is 5.78 Å². The number of hydrogen-bond donors (Lipinski definition) is 0. The smallest absolute Gasteiger partial charge is 0.158 e. The summed E-state index contributed by atoms with van der Waals surface area (Å²) in [5.74, 6) is 0.383. The van der Waals surface area contributed by atoms with Gasteiger partial charge in [0.2, 0.25) is 0 Å². The summed E-state index contributed by atoms with van der Waals surface area (Å²) >= 11 is 1.73. The first-order valence-electron chi connectivity index (χ1n) is 5.50. The van der Waals surface area contributed by atoms with Crippen molar-refractivity contribution in [1.29, 1.82) is 0 Å². The molecule has 1 aliphatic carbocycles. The van der Waals surface area contributed by atoms with Crippen molar-refractivity contribution >= 4 is 17.1 Å². The lowest BCUT2D eigenvalue weighted by atomic mass is 9.88. The van der Waals surface area contributed by atoms with Crippen LogP contribution in [-0.4, -0.2) is 5.78 Å². The normalized spacial score (nSPS) is 17.3. The fourth-order valence-corrected chi connectivity index (χ4v) is 2.81. The van der Waals surface area contributed by atoms with Crippen LogP contribution in [0.25, 0.3) is 0 Å². The molecular weight excluding hydrogens is 204 g/mol. The van der Waals surface area contributed by atoms with Crippen LogP contribution in [0.1, 0.15) is 38.2 Å². The van der Waals surface area contributed by atoms with Crippen molar-refractivity contribution in [3.05, 3.63) is 33.5 Å². The van der Waals surface area contributed by atoms with Gasteiger partial charge in [0.15, 0.2) is 5.78 Å². The zero-order valence-corrected chi connectivity index (χ0v) is 9.90. The molecule has 1 heterocycles. The van der Waals surface area contributed by atoms with Crippen molar-refractivity contribution in [2.45, 2.75) is 39.0 Å². The third kappa shape index (κ3) is 2.57. The van der Waals surface area contributed by atoms with Gasteiger partial charge in [0.1, 0.15) is 0 Å². The molecule has 15 heavy (non-hydrogen) atoms. The molecule has 2 rings (SSSR count). The number of rotatable bonds is 3. The Labute approximate surface area is 94.8 Å². The molecule has 0 spiro atoms. The molecule has 0 aliphatic heterocycles. The molecule has 0 saturated heterocycles. The standard InChI is InChI=1S/C13H16OS/c1-10-3-2-4-13(14)12(10)6-5-11-7-8-15-9-11/h7-9H,2-6H2,1H3. The summed E-state index contributed by atoms with van der Waals surface area (Å²) in [6.45, 7) is 2.11. The third-order valence-electron chi connectivity index (χ3n) is 3.05. The van der Waals surface area contributed by atoms with Crippen LogP contribution in [0.15, 0.2) is 28.0 Å². The van der Waals surface area contributed by atoms with Gasteiger partial charge in [-0.1, -0.05) is 5.57 Å². The minimum absolute atomic E-state index is 0.383. The highest BCUT2D eigenvalue weighted by Crippen LogP contribution is 2.25. The fraction of sp³-hybridized carbons (Fsp3) is 0.462. The van der Waals surface area contributed by atoms with Gasteiger partial charge in [0.05, 0.1) is 0 Å². The lowest BCUT2D eigenvalue weighted by Gasteiger charge is -2.16. The Hall–Kier alpha value is -0.890. The van der Waals surface area contributed by atoms with Gasteiger partial charge in [0, 0.05) is 6.42 Å². The van der Waals surface area contributed by atoms with E-state index in [9.17, 15) is 4.79 Å². The van der Waals surface area contributed by atoms with E-state index in [1.54, 1.807) is 11.3 Å². The molecule has 0 amide bonds. The number of thiophene rings is 1. The lowest BCUT2D eigenvalue weighted by Crippen LogP contribution is -2.11. The molecule has 0 bridgehead atoms. The van der Waals surface area contributed by atoms with Crippen molar-refractivity contribution < 1.29 is 4.79 Å². The van der Waals surface area contributed by atoms with E-state index in [-0.39, 0.29) is 0 Å². The topological polar surface area (TPSA) is 17.1 Å². The molecule has 0 atom stereocenters. The quantitative estimate of drug-likeness (QED) is 0.758. The summed E-state index contributed by atoms with van der Waals surface area (Å²) in [5.41, 5.74) is 3.78. The summed E-state index contributed by atoms with van der Waals surface area (Å²) in [5, 5.41) is 4.27. The van der Waals surface area contributed by atoms with E-state index in [2.05, 4.69) is 23.8 Å². The molecule has 0 fully saturated rings. The molecule has 0 radical (unpaired) electrons. The molecule has 1 nitrogen and oxygen atoms in total. The highest BCUT2D eigenvalue weighted by atomic mass is 32.1. The largest absolute Gasteiger partial charge is 0.295 e. The molecule has 80 valence electrons. The summed E-state index contributed by atoms with van der Waals surface area (Å²) in [6.07, 6.45) is 4.87. The van der Waals surface area contributed by atoms with Crippen LogP contribution < -0.4 is 0 Å². The van der Waals surface area contributed by atoms with Crippen LogP contribution in [0.4, 0.5) is 0 Å². The SMILES string of the molecule is CC1=C(CCc2ccsc2)C(=O)CCC1. The van der Waals surface area contributed by atoms with Gasteiger partial charge in [-0.15, -0.1) is 0 Å². The predicted molar refractivity (Wildman–Crippen MR) is 64.2 cm³/mol. The number of carbonyl (C=O) groups excluding carboxylic acids is 1. The van der Waals surface area contributed by atoms with E-state index in [0.717, 1.165) is 37.7 Å². The molecule has 1 aromatic heterocycles. The van der Waals surface area contributed by atoms with Crippen LogP contribution >= 0.6 is 11.3 Å². The van der Waals surface area contributed by atoms with Gasteiger partial charge in [0.25, 0.3) is 0 Å². The molecule has 1 aliphatic rings. The van der Waals surface area contributed by atoms with Crippen LogP contribution in [0.5, 0.6) is 0 Å². The van der Waals surface area contributed by atoms with Gasteiger partial charge < -0.3 is 0 Å². The van der Waals surface area contributed by atoms with Crippen LogP contribution in [-0.2, 0) is 11.2 Å². The minimum Gasteiger partial charge on any atom is -0.295 e. The van der Waals surface area contributed by atoms with E-state index in [1.807, 2.05) is 0 Å². The van der Waals surface area contributed by atoms with Gasteiger partial charge in [-0.2, -0.15) is 11.3 Å². The maximum absolute atomic E-state index is 11.7. The number of Topliss-reactive ketones (excluding diaryl/α,β-unsaturated/α-hetero) is 1. The van der Waals surface area contributed by atoms with Gasteiger partial charge in [-0.05, 0) is 60.6 Å². The first-order valence-corrected chi connectivity index (χ1v) is 6.44. The van der Waals surface area contributed by atoms with Crippen LogP contribution in [0.2, 0.25) is 0 Å². The first-order chi connectivity index (χ1) is 7.27. The number of allylic oxidation sites excluding steroid dienone is 2. The van der Waals surface area contributed by atoms with Crippen molar-refractivity contribution in [3.63, 3.8) is 0 Å². The second-order valence-electron chi connectivity index (χ2n) is 4.17. The Kier molecular flexibility index (Phi) is 3.37. The summed E-state index contributed by atoms with van der Waals surface area (Å²) < 4.78 is 0. The van der Waals surface area contributed by atoms with E-state index in [4.69, 9.17) is 0 Å². The van der Waals surface area contributed by atoms with E-state index in [1.165, 1.54) is 11.1 Å². The van der Waals surface area contributed by atoms with Crippen LogP contribution in [0, 0.1) is 0 Å². The number of hydrogen-bond acceptors (Lipinski definition) is 2. The minimum atomic E-state index is 0.383. The summed E-state index contributed by atoms with van der Waals surface area (Å²) in [6, 6.07) is 2.15. The Morgan fingerprint density at radius 3 is 2.87 bits per heavy atom. The molecule has 0 saturated carbocycles. The number of ketones is 1. The predicted octanol–water partition coefficient (Wildman–Crippen LogP) is 3.75. The molecule has 0 N–H and O–H groups in total. The van der Waals surface area contributed by atoms with Crippen molar-refractivity contribution in [1.82, 2.24) is 0 Å². The molecule has 2 heteroatoms. The Morgan fingerprint density at radius 1 is 1.33 bits per heavy atom. The summed E-state index contributed by atoms with van der Waals surface area (Å²) in [4.78, 5) is 11.7. The zero-order chi connectivity index (χ0) is 10.7. The molecule has 0 aromatic carbocycles. The Morgan fingerprint density at radius 2 is 2.20 bits per heavy atom. The average molecular weight is 220 g/mol. The summed E-state index contributed by atoms with van der Waals surface area (Å²) in [7, 11) is 0. The fourth-order valence-electron chi connectivity index (χ4n) is 2.11. The van der Waals surface area contributed by atoms with Gasteiger partial charge in [-0.25, -0.2) is 0 Å². The number of aryl methyl sites for hydroxylation is 1. The number of carbonyl (C=O) groups is 1. The van der Waals surface area contributed by atoms with E-state index < -0.39 is 0 Å². The molecule has 0 unspecified atom stereocenters. The second kappa shape index (κ2) is 4.75. The lowest BCUT2D eigenvalue weighted by molar-refractivity contribution is -0.116. The third-order valence-corrected chi connectivity index (χ3v) is 3.78. The zero-order valence-electron chi connectivity index (χ0n) is 9.08. The second-order valence-corrected chi connectivity index (χ2v) is 4.95. The monoisotopic (exact) mass is 220 g/mol. The Bertz CT molecular complexity index is 373. The van der Waals surface area contributed by atoms with Gasteiger partial charge >= 0.3 is 0 Å². The highest BCUT2D eigenvalue weighted by molar-refractivity contribution is 7.07. The molecular formula is C13H16OS. The average Bonchev–Trinajstić information content (AvgIpc) is 2.70. The van der Waals surface area contributed by atoms with Crippen molar-refractivity contribution in [2.24, 2.45) is 0 Å². The van der Waals surface area contributed by atoms with Crippen molar-refractivity contribution in [2.75, 3.05) is 0 Å². The molecule has 1 aromatic rings.